The third kappa shape index (κ3) is 7.34. The quantitative estimate of drug-likeness (QED) is 0.255. The van der Waals surface area contributed by atoms with Gasteiger partial charge in [0.05, 0.1) is 11.0 Å². The molecule has 0 unspecified atom stereocenters. The van der Waals surface area contributed by atoms with E-state index in [2.05, 4.69) is 65.3 Å². The highest BCUT2D eigenvalue weighted by atomic mass is 35.5. The molecule has 0 spiro atoms. The van der Waals surface area contributed by atoms with E-state index in [-0.39, 0.29) is 36.3 Å². The maximum atomic E-state index is 13.0. The van der Waals surface area contributed by atoms with Crippen LogP contribution in [0, 0.1) is 0 Å². The smallest absolute Gasteiger partial charge is 0.409 e. The zero-order chi connectivity index (χ0) is 27.0. The van der Waals surface area contributed by atoms with Gasteiger partial charge in [0.2, 0.25) is 0 Å². The molecule has 3 aromatic carbocycles. The summed E-state index contributed by atoms with van der Waals surface area (Å²) in [6.45, 7) is 5.38. The number of fused-ring (bicyclic) bond motifs is 1. The van der Waals surface area contributed by atoms with Gasteiger partial charge < -0.3 is 14.6 Å². The van der Waals surface area contributed by atoms with Gasteiger partial charge in [-0.3, -0.25) is 9.47 Å². The molecule has 1 atom stereocenters. The highest BCUT2D eigenvalue weighted by Gasteiger charge is 2.27. The number of aryl methyl sites for hydroxylation is 1. The fourth-order valence-electron chi connectivity index (χ4n) is 5.54. The average molecular weight is 563 g/mol. The van der Waals surface area contributed by atoms with Crippen LogP contribution in [-0.4, -0.2) is 57.7 Å². The number of nitrogens with one attached hydrogen (secondary N) is 1. The second-order valence-corrected chi connectivity index (χ2v) is 10.5. The highest BCUT2D eigenvalue weighted by molar-refractivity contribution is 5.85. The molecule has 4 aromatic rings. The third-order valence-electron chi connectivity index (χ3n) is 7.77. The van der Waals surface area contributed by atoms with Gasteiger partial charge in [-0.1, -0.05) is 72.8 Å². The Balaban J connectivity index is 0.00000370. The summed E-state index contributed by atoms with van der Waals surface area (Å²) in [7, 11) is 0. The largest absolute Gasteiger partial charge is 0.448 e. The lowest BCUT2D eigenvalue weighted by Gasteiger charge is -2.33. The van der Waals surface area contributed by atoms with Crippen LogP contribution in [0.5, 0.6) is 0 Å². The number of nitrogens with zero attached hydrogens (tertiary/aromatic N) is 3. The standard InChI is InChI=1S/C32H38N4O3.ClH/c1-25(35(23-27-13-6-3-7-14-27)20-10-15-26-11-4-2-5-12-26)24-39-32(38)34-21-18-28(19-22-34)36-30-17-9-8-16-29(30)33-31(36)37;/h2-9,11-14,16-17,25,28H,10,15,18-24H2,1H3,(H,33,37);1H/t25-;/m0./s1. The fourth-order valence-corrected chi connectivity index (χ4v) is 5.54. The van der Waals surface area contributed by atoms with Crippen molar-refractivity contribution in [3.05, 3.63) is 107 Å². The van der Waals surface area contributed by atoms with E-state index in [0.717, 1.165) is 49.8 Å². The van der Waals surface area contributed by atoms with E-state index in [0.29, 0.717) is 19.7 Å². The number of carbonyl (C=O) groups excluding carboxylic acids is 1. The van der Waals surface area contributed by atoms with Gasteiger partial charge >= 0.3 is 11.8 Å². The summed E-state index contributed by atoms with van der Waals surface area (Å²) in [4.78, 5) is 32.7. The maximum Gasteiger partial charge on any atom is 0.409 e. The molecule has 1 N–H and O–H groups in total. The second kappa shape index (κ2) is 14.2. The van der Waals surface area contributed by atoms with Crippen molar-refractivity contribution in [2.45, 2.75) is 51.2 Å². The van der Waals surface area contributed by atoms with Crippen LogP contribution < -0.4 is 5.69 Å². The van der Waals surface area contributed by atoms with Gasteiger partial charge in [0.25, 0.3) is 0 Å². The van der Waals surface area contributed by atoms with Gasteiger partial charge in [0.1, 0.15) is 6.61 Å². The molecule has 0 radical (unpaired) electrons. The first-order chi connectivity index (χ1) is 19.1. The number of H-pyrrole nitrogens is 1. The average Bonchev–Trinajstić information content (AvgIpc) is 3.32. The highest BCUT2D eigenvalue weighted by Crippen LogP contribution is 2.25. The van der Waals surface area contributed by atoms with Crippen molar-refractivity contribution in [2.24, 2.45) is 0 Å². The molecule has 0 bridgehead atoms. The fraction of sp³-hybridized carbons (Fsp3) is 0.375. The number of amides is 1. The van der Waals surface area contributed by atoms with Gasteiger partial charge in [0, 0.05) is 31.7 Å². The van der Waals surface area contributed by atoms with E-state index in [9.17, 15) is 9.59 Å². The zero-order valence-corrected chi connectivity index (χ0v) is 23.9. The number of para-hydroxylation sites is 2. The molecule has 1 aliphatic rings. The van der Waals surface area contributed by atoms with Crippen molar-refractivity contribution in [1.82, 2.24) is 19.4 Å². The van der Waals surface area contributed by atoms with Crippen LogP contribution in [0.3, 0.4) is 0 Å². The Hall–Kier alpha value is -3.55. The summed E-state index contributed by atoms with van der Waals surface area (Å²) < 4.78 is 7.66. The Kier molecular flexibility index (Phi) is 10.4. The molecule has 7 nitrogen and oxygen atoms in total. The van der Waals surface area contributed by atoms with Crippen molar-refractivity contribution >= 4 is 29.5 Å². The predicted octanol–water partition coefficient (Wildman–Crippen LogP) is 6.05. The van der Waals surface area contributed by atoms with Gasteiger partial charge in [-0.05, 0) is 62.4 Å². The van der Waals surface area contributed by atoms with Crippen molar-refractivity contribution < 1.29 is 9.53 Å². The minimum atomic E-state index is -0.268. The van der Waals surface area contributed by atoms with Gasteiger partial charge in [-0.25, -0.2) is 9.59 Å². The van der Waals surface area contributed by atoms with E-state index in [1.807, 2.05) is 41.0 Å². The number of carbonyl (C=O) groups is 1. The van der Waals surface area contributed by atoms with E-state index in [4.69, 9.17) is 4.74 Å². The van der Waals surface area contributed by atoms with Crippen molar-refractivity contribution in [2.75, 3.05) is 26.2 Å². The third-order valence-corrected chi connectivity index (χ3v) is 7.77. The minimum absolute atomic E-state index is 0. The Bertz CT molecular complexity index is 1400. The molecule has 8 heteroatoms. The number of hydrogen-bond acceptors (Lipinski definition) is 4. The first-order valence-corrected chi connectivity index (χ1v) is 14.0. The molecule has 1 saturated heterocycles. The SMILES string of the molecule is C[C@@H](COC(=O)N1CCC(n2c(=O)[nH]c3ccccc32)CC1)N(CCCc1ccccc1)Cc1ccccc1.Cl. The van der Waals surface area contributed by atoms with Gasteiger partial charge in [-0.2, -0.15) is 0 Å². The molecule has 5 rings (SSSR count). The number of hydrogen-bond donors (Lipinski definition) is 1. The monoisotopic (exact) mass is 562 g/mol. The number of halogens is 1. The number of aromatic amines is 1. The Labute approximate surface area is 242 Å². The topological polar surface area (TPSA) is 70.6 Å². The number of aromatic nitrogens is 2. The minimum Gasteiger partial charge on any atom is -0.448 e. The van der Waals surface area contributed by atoms with Crippen molar-refractivity contribution in [3.8, 4) is 0 Å². The summed E-state index contributed by atoms with van der Waals surface area (Å²) in [6.07, 6.45) is 3.25. The molecule has 0 aliphatic carbocycles. The lowest BCUT2D eigenvalue weighted by atomic mass is 10.0. The molecule has 2 heterocycles. The molecule has 1 aromatic heterocycles. The first-order valence-electron chi connectivity index (χ1n) is 14.0. The first kappa shape index (κ1) is 29.4. The van der Waals surface area contributed by atoms with Crippen LogP contribution in [0.2, 0.25) is 0 Å². The summed E-state index contributed by atoms with van der Waals surface area (Å²) in [5, 5.41) is 0. The van der Waals surface area contributed by atoms with Crippen molar-refractivity contribution in [3.63, 3.8) is 0 Å². The number of piperidine rings is 1. The summed E-state index contributed by atoms with van der Waals surface area (Å²) >= 11 is 0. The number of rotatable bonds is 10. The summed E-state index contributed by atoms with van der Waals surface area (Å²) in [5.74, 6) is 0. The van der Waals surface area contributed by atoms with Gasteiger partial charge in [0.15, 0.2) is 0 Å². The normalized spacial score (nSPS) is 14.7. The summed E-state index contributed by atoms with van der Waals surface area (Å²) in [5.41, 5.74) is 4.28. The van der Waals surface area contributed by atoms with E-state index in [1.165, 1.54) is 11.1 Å². The van der Waals surface area contributed by atoms with Crippen LogP contribution in [0.15, 0.2) is 89.7 Å². The van der Waals surface area contributed by atoms with E-state index in [1.54, 1.807) is 4.90 Å². The van der Waals surface area contributed by atoms with Crippen LogP contribution >= 0.6 is 12.4 Å². The number of likely N-dealkylation sites (tertiary alicyclic amines) is 1. The molecule has 1 aliphatic heterocycles. The van der Waals surface area contributed by atoms with Crippen LogP contribution in [0.4, 0.5) is 4.79 Å². The number of imidazole rings is 1. The lowest BCUT2D eigenvalue weighted by Crippen LogP contribution is -2.43. The molecule has 1 fully saturated rings. The maximum absolute atomic E-state index is 13.0. The Morgan fingerprint density at radius 1 is 0.950 bits per heavy atom. The number of ether oxygens (including phenoxy) is 1. The van der Waals surface area contributed by atoms with Crippen molar-refractivity contribution in [1.29, 1.82) is 0 Å². The molecule has 212 valence electrons. The number of benzene rings is 3. The van der Waals surface area contributed by atoms with Gasteiger partial charge in [-0.15, -0.1) is 12.4 Å². The lowest BCUT2D eigenvalue weighted by molar-refractivity contribution is 0.0585. The van der Waals surface area contributed by atoms with Crippen LogP contribution in [0.1, 0.15) is 43.4 Å². The Morgan fingerprint density at radius 2 is 1.57 bits per heavy atom. The molecular formula is C32H39ClN4O3. The van der Waals surface area contributed by atoms with E-state index < -0.39 is 0 Å². The molecule has 1 amide bonds. The summed E-state index contributed by atoms with van der Waals surface area (Å²) in [6, 6.07) is 28.9. The predicted molar refractivity (Wildman–Crippen MR) is 162 cm³/mol. The zero-order valence-electron chi connectivity index (χ0n) is 23.1. The second-order valence-electron chi connectivity index (χ2n) is 10.5. The Morgan fingerprint density at radius 3 is 2.27 bits per heavy atom. The van der Waals surface area contributed by atoms with E-state index >= 15 is 0 Å². The van der Waals surface area contributed by atoms with Crippen LogP contribution in [-0.2, 0) is 17.7 Å². The molecule has 0 saturated carbocycles. The van der Waals surface area contributed by atoms with Crippen LogP contribution in [0.25, 0.3) is 11.0 Å². The molecular weight excluding hydrogens is 524 g/mol. The molecule has 40 heavy (non-hydrogen) atoms.